The van der Waals surface area contributed by atoms with E-state index in [4.69, 9.17) is 0 Å². The average molecular weight is 284 g/mol. The molecule has 0 spiro atoms. The van der Waals surface area contributed by atoms with Gasteiger partial charge in [0.05, 0.1) is 0 Å². The Bertz CT molecular complexity index is 388. The fourth-order valence-electron chi connectivity index (χ4n) is 3.09. The summed E-state index contributed by atoms with van der Waals surface area (Å²) in [7, 11) is 0. The summed E-state index contributed by atoms with van der Waals surface area (Å²) in [4.78, 5) is 2.63. The molecule has 1 aromatic carbocycles. The molecule has 1 aromatic rings. The Labute approximate surface area is 123 Å². The summed E-state index contributed by atoms with van der Waals surface area (Å²) in [5.74, 6) is 0.409. The first-order valence-corrected chi connectivity index (χ1v) is 7.29. The molecule has 0 fully saturated rings. The van der Waals surface area contributed by atoms with Crippen molar-refractivity contribution in [3.05, 3.63) is 29.3 Å². The van der Waals surface area contributed by atoms with Gasteiger partial charge in [-0.25, -0.2) is 0 Å². The molecule has 1 aliphatic rings. The standard InChI is InChI=1S/C16H25NO.ClH/c1-3-9-17(10-4-2)15-7-5-13-6-8-16(18)12-14(13)11-15;/h6,8,12,15,18H,3-5,7,9-11H2,1-2H3;1H/t15-;/m1./s1. The molecule has 1 N–H and O–H groups in total. The SMILES string of the molecule is CCCN(CCC)[C@@H]1CCc2ccc(O)cc2C1.Cl. The van der Waals surface area contributed by atoms with E-state index in [0.717, 1.165) is 12.8 Å². The molecule has 108 valence electrons. The summed E-state index contributed by atoms with van der Waals surface area (Å²) < 4.78 is 0. The molecule has 0 radical (unpaired) electrons. The van der Waals surface area contributed by atoms with Crippen LogP contribution in [0.2, 0.25) is 0 Å². The quantitative estimate of drug-likeness (QED) is 0.889. The van der Waals surface area contributed by atoms with Crippen molar-refractivity contribution in [1.82, 2.24) is 4.90 Å². The molecule has 1 atom stereocenters. The third kappa shape index (κ3) is 4.12. The number of hydrogen-bond acceptors (Lipinski definition) is 2. The van der Waals surface area contributed by atoms with Crippen LogP contribution in [0.5, 0.6) is 5.75 Å². The van der Waals surface area contributed by atoms with Crippen LogP contribution in [0.15, 0.2) is 18.2 Å². The third-order valence-electron chi connectivity index (χ3n) is 3.93. The Balaban J connectivity index is 0.00000180. The van der Waals surface area contributed by atoms with Gasteiger partial charge in [-0.1, -0.05) is 19.9 Å². The summed E-state index contributed by atoms with van der Waals surface area (Å²) in [6.45, 7) is 6.91. The lowest BCUT2D eigenvalue weighted by Crippen LogP contribution is -2.40. The molecule has 0 saturated heterocycles. The zero-order valence-electron chi connectivity index (χ0n) is 12.1. The Kier molecular flexibility index (Phi) is 6.67. The highest BCUT2D eigenvalue weighted by Gasteiger charge is 2.23. The molecule has 2 rings (SSSR count). The highest BCUT2D eigenvalue weighted by atomic mass is 35.5. The molecule has 0 heterocycles. The van der Waals surface area contributed by atoms with E-state index >= 15 is 0 Å². The summed E-state index contributed by atoms with van der Waals surface area (Å²) in [6.07, 6.45) is 5.97. The maximum absolute atomic E-state index is 9.61. The van der Waals surface area contributed by atoms with E-state index in [1.165, 1.54) is 43.5 Å². The van der Waals surface area contributed by atoms with Crippen LogP contribution in [0.25, 0.3) is 0 Å². The van der Waals surface area contributed by atoms with Crippen molar-refractivity contribution >= 4 is 12.4 Å². The zero-order valence-corrected chi connectivity index (χ0v) is 12.9. The second kappa shape index (κ2) is 7.76. The number of aromatic hydroxyl groups is 1. The van der Waals surface area contributed by atoms with Gasteiger partial charge in [0.1, 0.15) is 5.75 Å². The number of fused-ring (bicyclic) bond motifs is 1. The van der Waals surface area contributed by atoms with Crippen molar-refractivity contribution in [2.45, 2.75) is 52.0 Å². The molecular weight excluding hydrogens is 258 g/mol. The van der Waals surface area contributed by atoms with Crippen LogP contribution < -0.4 is 0 Å². The van der Waals surface area contributed by atoms with E-state index in [9.17, 15) is 5.11 Å². The second-order valence-electron chi connectivity index (χ2n) is 5.39. The number of halogens is 1. The number of phenolic OH excluding ortho intramolecular Hbond substituents is 1. The molecule has 19 heavy (non-hydrogen) atoms. The lowest BCUT2D eigenvalue weighted by molar-refractivity contribution is 0.180. The van der Waals surface area contributed by atoms with Gasteiger partial charge in [-0.3, -0.25) is 0 Å². The molecule has 0 saturated carbocycles. The van der Waals surface area contributed by atoms with E-state index in [1.807, 2.05) is 12.1 Å². The van der Waals surface area contributed by atoms with Crippen LogP contribution in [-0.2, 0) is 12.8 Å². The molecule has 0 bridgehead atoms. The Hall–Kier alpha value is -0.730. The highest BCUT2D eigenvalue weighted by Crippen LogP contribution is 2.27. The Morgan fingerprint density at radius 1 is 1.16 bits per heavy atom. The van der Waals surface area contributed by atoms with Gasteiger partial charge < -0.3 is 10.0 Å². The van der Waals surface area contributed by atoms with Crippen molar-refractivity contribution in [2.24, 2.45) is 0 Å². The maximum Gasteiger partial charge on any atom is 0.115 e. The van der Waals surface area contributed by atoms with Crippen LogP contribution in [-0.4, -0.2) is 29.1 Å². The topological polar surface area (TPSA) is 23.5 Å². The second-order valence-corrected chi connectivity index (χ2v) is 5.39. The predicted molar refractivity (Wildman–Crippen MR) is 83.3 cm³/mol. The smallest absolute Gasteiger partial charge is 0.115 e. The normalized spacial score (nSPS) is 17.9. The summed E-state index contributed by atoms with van der Waals surface area (Å²) in [5.41, 5.74) is 2.78. The molecule has 0 amide bonds. The van der Waals surface area contributed by atoms with Crippen LogP contribution in [0.1, 0.15) is 44.2 Å². The van der Waals surface area contributed by atoms with Gasteiger partial charge in [-0.05, 0) is 68.5 Å². The molecule has 0 unspecified atom stereocenters. The first-order valence-electron chi connectivity index (χ1n) is 7.29. The minimum absolute atomic E-state index is 0. The summed E-state index contributed by atoms with van der Waals surface area (Å²) in [5, 5.41) is 9.61. The van der Waals surface area contributed by atoms with E-state index in [2.05, 4.69) is 24.8 Å². The van der Waals surface area contributed by atoms with E-state index in [1.54, 1.807) is 0 Å². The first kappa shape index (κ1) is 16.3. The number of aryl methyl sites for hydroxylation is 1. The van der Waals surface area contributed by atoms with Crippen LogP contribution in [0, 0.1) is 0 Å². The fourth-order valence-corrected chi connectivity index (χ4v) is 3.09. The predicted octanol–water partition coefficient (Wildman–Crippen LogP) is 3.79. The zero-order chi connectivity index (χ0) is 13.0. The fraction of sp³-hybridized carbons (Fsp3) is 0.625. The minimum atomic E-state index is 0. The van der Waals surface area contributed by atoms with Crippen LogP contribution in [0.4, 0.5) is 0 Å². The van der Waals surface area contributed by atoms with Gasteiger partial charge in [0.25, 0.3) is 0 Å². The molecular formula is C16H26ClNO. The van der Waals surface area contributed by atoms with Gasteiger partial charge in [0, 0.05) is 6.04 Å². The van der Waals surface area contributed by atoms with E-state index in [-0.39, 0.29) is 12.4 Å². The average Bonchev–Trinajstić information content (AvgIpc) is 2.37. The van der Waals surface area contributed by atoms with Crippen molar-refractivity contribution in [2.75, 3.05) is 13.1 Å². The Morgan fingerprint density at radius 2 is 1.84 bits per heavy atom. The van der Waals surface area contributed by atoms with Crippen LogP contribution >= 0.6 is 12.4 Å². The van der Waals surface area contributed by atoms with Gasteiger partial charge in [0.15, 0.2) is 0 Å². The minimum Gasteiger partial charge on any atom is -0.508 e. The van der Waals surface area contributed by atoms with Crippen molar-refractivity contribution in [3.63, 3.8) is 0 Å². The maximum atomic E-state index is 9.61. The number of phenols is 1. The molecule has 3 heteroatoms. The first-order chi connectivity index (χ1) is 8.74. The van der Waals surface area contributed by atoms with Crippen molar-refractivity contribution < 1.29 is 5.11 Å². The Morgan fingerprint density at radius 3 is 2.47 bits per heavy atom. The summed E-state index contributed by atoms with van der Waals surface area (Å²) in [6, 6.07) is 6.52. The van der Waals surface area contributed by atoms with E-state index in [0.29, 0.717) is 11.8 Å². The largest absolute Gasteiger partial charge is 0.508 e. The van der Waals surface area contributed by atoms with E-state index < -0.39 is 0 Å². The van der Waals surface area contributed by atoms with Gasteiger partial charge >= 0.3 is 0 Å². The number of benzene rings is 1. The van der Waals surface area contributed by atoms with Crippen LogP contribution in [0.3, 0.4) is 0 Å². The number of hydrogen-bond donors (Lipinski definition) is 1. The van der Waals surface area contributed by atoms with Crippen molar-refractivity contribution in [3.8, 4) is 5.75 Å². The summed E-state index contributed by atoms with van der Waals surface area (Å²) >= 11 is 0. The van der Waals surface area contributed by atoms with Gasteiger partial charge in [-0.15, -0.1) is 12.4 Å². The number of rotatable bonds is 5. The van der Waals surface area contributed by atoms with Gasteiger partial charge in [-0.2, -0.15) is 0 Å². The molecule has 0 aliphatic heterocycles. The lowest BCUT2D eigenvalue weighted by atomic mass is 9.87. The molecule has 1 aliphatic carbocycles. The monoisotopic (exact) mass is 283 g/mol. The molecule has 2 nitrogen and oxygen atoms in total. The highest BCUT2D eigenvalue weighted by molar-refractivity contribution is 5.85. The molecule has 0 aromatic heterocycles. The van der Waals surface area contributed by atoms with Gasteiger partial charge in [0.2, 0.25) is 0 Å². The lowest BCUT2D eigenvalue weighted by Gasteiger charge is -2.35. The number of nitrogens with zero attached hydrogens (tertiary/aromatic N) is 1. The van der Waals surface area contributed by atoms with Crippen molar-refractivity contribution in [1.29, 1.82) is 0 Å². The third-order valence-corrected chi connectivity index (χ3v) is 3.93.